The van der Waals surface area contributed by atoms with Crippen molar-refractivity contribution in [3.05, 3.63) is 42.0 Å². The molecule has 0 amide bonds. The van der Waals surface area contributed by atoms with Gasteiger partial charge in [-0.15, -0.1) is 0 Å². The van der Waals surface area contributed by atoms with E-state index in [2.05, 4.69) is 45.1 Å². The highest BCUT2D eigenvalue weighted by Crippen LogP contribution is 2.29. The van der Waals surface area contributed by atoms with E-state index in [0.29, 0.717) is 17.6 Å². The molecule has 0 aromatic heterocycles. The molecule has 2 heteroatoms. The molecule has 2 rings (SSSR count). The molecule has 0 heterocycles. The number of allylic oxidation sites excluding steroid dienone is 2. The highest BCUT2D eigenvalue weighted by molar-refractivity contribution is 5.74. The fourth-order valence-electron chi connectivity index (χ4n) is 4.09. The summed E-state index contributed by atoms with van der Waals surface area (Å²) in [4.78, 5) is 12.5. The average molecular weight is 357 g/mol. The van der Waals surface area contributed by atoms with Crippen molar-refractivity contribution in [1.82, 2.24) is 0 Å². The number of carbonyl (C=O) groups excluding carboxylic acids is 1. The van der Waals surface area contributed by atoms with Gasteiger partial charge in [-0.25, -0.2) is 0 Å². The summed E-state index contributed by atoms with van der Waals surface area (Å²) in [5.41, 5.74) is 1.35. The van der Waals surface area contributed by atoms with Crippen molar-refractivity contribution in [2.75, 3.05) is 0 Å². The third-order valence-electron chi connectivity index (χ3n) is 5.70. The van der Waals surface area contributed by atoms with Crippen LogP contribution in [0.5, 0.6) is 5.75 Å². The topological polar surface area (TPSA) is 26.3 Å². The molecule has 0 saturated carbocycles. The fourth-order valence-corrected chi connectivity index (χ4v) is 4.09. The minimum atomic E-state index is -0.108. The number of carbonyl (C=O) groups is 1. The first-order chi connectivity index (χ1) is 12.5. The molecule has 0 radical (unpaired) electrons. The maximum Gasteiger partial charge on any atom is 0.314 e. The third kappa shape index (κ3) is 6.30. The lowest BCUT2D eigenvalue weighted by Gasteiger charge is -2.19. The molecule has 0 fully saturated rings. The van der Waals surface area contributed by atoms with Crippen LogP contribution in [0.4, 0.5) is 0 Å². The van der Waals surface area contributed by atoms with Gasteiger partial charge in [-0.05, 0) is 74.0 Å². The van der Waals surface area contributed by atoms with Gasteiger partial charge in [-0.3, -0.25) is 4.79 Å². The molecule has 26 heavy (non-hydrogen) atoms. The molecule has 1 aliphatic carbocycles. The minimum Gasteiger partial charge on any atom is -0.426 e. The predicted molar refractivity (Wildman–Crippen MR) is 109 cm³/mol. The molecule has 2 nitrogen and oxygen atoms in total. The Morgan fingerprint density at radius 3 is 2.62 bits per heavy atom. The summed E-state index contributed by atoms with van der Waals surface area (Å²) < 4.78 is 5.64. The Balaban J connectivity index is 1.89. The van der Waals surface area contributed by atoms with E-state index in [1.165, 1.54) is 37.7 Å². The second-order valence-corrected chi connectivity index (χ2v) is 8.13. The Bertz CT molecular complexity index is 572. The van der Waals surface area contributed by atoms with Crippen molar-refractivity contribution in [3.8, 4) is 5.75 Å². The van der Waals surface area contributed by atoms with Gasteiger partial charge in [-0.2, -0.15) is 0 Å². The standard InChI is InChI=1S/C24H36O2/c1-5-9-21(6-2)22-12-14-23(15-13-22)26-24(25)19(4)17-20-11-8-7-10-18(3)16-20/h8,11-15,18-21H,5-7,9-10,16-17H2,1-4H3. The van der Waals surface area contributed by atoms with E-state index in [1.807, 2.05) is 19.1 Å². The molecule has 0 N–H and O–H groups in total. The van der Waals surface area contributed by atoms with E-state index in [-0.39, 0.29) is 11.9 Å². The quantitative estimate of drug-likeness (QED) is 0.287. The molecule has 1 aromatic rings. The van der Waals surface area contributed by atoms with Crippen molar-refractivity contribution in [3.63, 3.8) is 0 Å². The SMILES string of the molecule is CCCC(CC)c1ccc(OC(=O)C(C)CC2C=CCCC(C)C2)cc1. The maximum absolute atomic E-state index is 12.5. The van der Waals surface area contributed by atoms with E-state index < -0.39 is 0 Å². The summed E-state index contributed by atoms with van der Waals surface area (Å²) in [5, 5.41) is 0. The predicted octanol–water partition coefficient (Wildman–Crippen LogP) is 6.90. The molecule has 0 aliphatic heterocycles. The van der Waals surface area contributed by atoms with Crippen molar-refractivity contribution in [1.29, 1.82) is 0 Å². The van der Waals surface area contributed by atoms with Crippen LogP contribution < -0.4 is 4.74 Å². The Morgan fingerprint density at radius 2 is 1.96 bits per heavy atom. The number of esters is 1. The molecule has 0 saturated heterocycles. The number of rotatable bonds is 8. The van der Waals surface area contributed by atoms with E-state index in [1.54, 1.807) is 0 Å². The van der Waals surface area contributed by atoms with Crippen molar-refractivity contribution in [2.24, 2.45) is 17.8 Å². The van der Waals surface area contributed by atoms with Crippen molar-refractivity contribution >= 4 is 5.97 Å². The first-order valence-electron chi connectivity index (χ1n) is 10.5. The lowest BCUT2D eigenvalue weighted by Crippen LogP contribution is -2.20. The number of hydrogen-bond acceptors (Lipinski definition) is 2. The molecule has 4 atom stereocenters. The Kier molecular flexibility index (Phi) is 8.41. The van der Waals surface area contributed by atoms with Gasteiger partial charge in [0.2, 0.25) is 0 Å². The molecule has 0 spiro atoms. The van der Waals surface area contributed by atoms with Gasteiger partial charge >= 0.3 is 5.97 Å². The summed E-state index contributed by atoms with van der Waals surface area (Å²) in [6.07, 6.45) is 12.6. The zero-order chi connectivity index (χ0) is 18.9. The normalized spacial score (nSPS) is 22.5. The van der Waals surface area contributed by atoms with E-state index in [9.17, 15) is 4.79 Å². The molecular formula is C24H36O2. The summed E-state index contributed by atoms with van der Waals surface area (Å²) >= 11 is 0. The van der Waals surface area contributed by atoms with E-state index in [4.69, 9.17) is 4.74 Å². The number of hydrogen-bond donors (Lipinski definition) is 0. The first-order valence-corrected chi connectivity index (χ1v) is 10.5. The van der Waals surface area contributed by atoms with Gasteiger partial charge < -0.3 is 4.74 Å². The summed E-state index contributed by atoms with van der Waals surface area (Å²) in [6, 6.07) is 8.14. The highest BCUT2D eigenvalue weighted by Gasteiger charge is 2.22. The van der Waals surface area contributed by atoms with Crippen LogP contribution >= 0.6 is 0 Å². The lowest BCUT2D eigenvalue weighted by molar-refractivity contribution is -0.138. The Hall–Kier alpha value is -1.57. The first kappa shape index (κ1) is 20.7. The Labute approximate surface area is 160 Å². The summed E-state index contributed by atoms with van der Waals surface area (Å²) in [6.45, 7) is 8.77. The number of benzene rings is 1. The van der Waals surface area contributed by atoms with Crippen LogP contribution in [0, 0.1) is 17.8 Å². The van der Waals surface area contributed by atoms with Crippen LogP contribution in [0.3, 0.4) is 0 Å². The third-order valence-corrected chi connectivity index (χ3v) is 5.70. The smallest absolute Gasteiger partial charge is 0.314 e. The molecule has 1 aromatic carbocycles. The van der Waals surface area contributed by atoms with Crippen LogP contribution in [0.15, 0.2) is 36.4 Å². The molecule has 4 unspecified atom stereocenters. The van der Waals surface area contributed by atoms with Crippen LogP contribution in [0.25, 0.3) is 0 Å². The molecular weight excluding hydrogens is 320 g/mol. The lowest BCUT2D eigenvalue weighted by atomic mass is 9.88. The fraction of sp³-hybridized carbons (Fsp3) is 0.625. The zero-order valence-electron chi connectivity index (χ0n) is 17.0. The summed E-state index contributed by atoms with van der Waals surface area (Å²) in [7, 11) is 0. The minimum absolute atomic E-state index is 0.0712. The number of ether oxygens (including phenoxy) is 1. The summed E-state index contributed by atoms with van der Waals surface area (Å²) in [5.74, 6) is 2.33. The van der Waals surface area contributed by atoms with Gasteiger partial charge in [0.25, 0.3) is 0 Å². The highest BCUT2D eigenvalue weighted by atomic mass is 16.5. The van der Waals surface area contributed by atoms with Crippen LogP contribution in [0.2, 0.25) is 0 Å². The van der Waals surface area contributed by atoms with Gasteiger partial charge in [0.15, 0.2) is 0 Å². The average Bonchev–Trinajstić information content (AvgIpc) is 2.84. The van der Waals surface area contributed by atoms with Gasteiger partial charge in [0, 0.05) is 0 Å². The van der Waals surface area contributed by atoms with Crippen molar-refractivity contribution < 1.29 is 9.53 Å². The van der Waals surface area contributed by atoms with Gasteiger partial charge in [0.1, 0.15) is 5.75 Å². The zero-order valence-corrected chi connectivity index (χ0v) is 17.0. The van der Waals surface area contributed by atoms with Crippen molar-refractivity contribution in [2.45, 2.75) is 78.6 Å². The van der Waals surface area contributed by atoms with Gasteiger partial charge in [0.05, 0.1) is 5.92 Å². The van der Waals surface area contributed by atoms with Crippen LogP contribution in [0.1, 0.15) is 84.1 Å². The molecule has 1 aliphatic rings. The largest absolute Gasteiger partial charge is 0.426 e. The monoisotopic (exact) mass is 356 g/mol. The second kappa shape index (κ2) is 10.5. The van der Waals surface area contributed by atoms with E-state index >= 15 is 0 Å². The van der Waals surface area contributed by atoms with Crippen LogP contribution in [-0.4, -0.2) is 5.97 Å². The van der Waals surface area contributed by atoms with E-state index in [0.717, 1.165) is 18.8 Å². The second-order valence-electron chi connectivity index (χ2n) is 8.13. The Morgan fingerprint density at radius 1 is 1.23 bits per heavy atom. The molecule has 144 valence electrons. The maximum atomic E-state index is 12.5. The molecule has 0 bridgehead atoms. The van der Waals surface area contributed by atoms with Crippen LogP contribution in [-0.2, 0) is 4.79 Å². The van der Waals surface area contributed by atoms with Gasteiger partial charge in [-0.1, -0.05) is 58.4 Å².